The van der Waals surface area contributed by atoms with Gasteiger partial charge < -0.3 is 9.52 Å². The number of aliphatic hydroxyl groups excluding tert-OH is 1. The molecule has 1 heterocycles. The standard InChI is InChI=1S/C16H19BrO2/c1-16(2,3)12-6-4-11(5-7-12)10-14(18)15-13(17)8-9-19-15/h4-9,14,18H,10H2,1-3H3. The normalized spacial score (nSPS) is 13.5. The van der Waals surface area contributed by atoms with Gasteiger partial charge in [0.05, 0.1) is 10.7 Å². The monoisotopic (exact) mass is 322 g/mol. The van der Waals surface area contributed by atoms with Gasteiger partial charge in [0.15, 0.2) is 0 Å². The van der Waals surface area contributed by atoms with Crippen molar-refractivity contribution in [3.05, 3.63) is 58.0 Å². The lowest BCUT2D eigenvalue weighted by Gasteiger charge is -2.19. The van der Waals surface area contributed by atoms with Crippen LogP contribution in [0, 0.1) is 0 Å². The van der Waals surface area contributed by atoms with E-state index in [9.17, 15) is 5.11 Å². The second-order valence-corrected chi connectivity index (χ2v) is 6.65. The molecule has 0 aliphatic carbocycles. The molecule has 0 saturated heterocycles. The van der Waals surface area contributed by atoms with Crippen molar-refractivity contribution in [2.75, 3.05) is 0 Å². The number of aliphatic hydroxyl groups is 1. The van der Waals surface area contributed by atoms with E-state index in [0.717, 1.165) is 10.0 Å². The van der Waals surface area contributed by atoms with Crippen LogP contribution in [0.5, 0.6) is 0 Å². The second kappa shape index (κ2) is 5.51. The van der Waals surface area contributed by atoms with Gasteiger partial charge >= 0.3 is 0 Å². The number of benzene rings is 1. The highest BCUT2D eigenvalue weighted by Gasteiger charge is 2.17. The van der Waals surface area contributed by atoms with Gasteiger partial charge in [-0.15, -0.1) is 0 Å². The van der Waals surface area contributed by atoms with Crippen molar-refractivity contribution in [1.82, 2.24) is 0 Å². The van der Waals surface area contributed by atoms with Crippen LogP contribution >= 0.6 is 15.9 Å². The number of hydrogen-bond donors (Lipinski definition) is 1. The van der Waals surface area contributed by atoms with Gasteiger partial charge in [0.25, 0.3) is 0 Å². The van der Waals surface area contributed by atoms with Gasteiger partial charge in [-0.25, -0.2) is 0 Å². The summed E-state index contributed by atoms with van der Waals surface area (Å²) in [6.07, 6.45) is 1.51. The van der Waals surface area contributed by atoms with E-state index in [1.54, 1.807) is 12.3 Å². The Morgan fingerprint density at radius 3 is 2.26 bits per heavy atom. The van der Waals surface area contributed by atoms with Gasteiger partial charge in [-0.1, -0.05) is 45.0 Å². The van der Waals surface area contributed by atoms with Crippen LogP contribution in [0.4, 0.5) is 0 Å². The van der Waals surface area contributed by atoms with Crippen LogP contribution in [0.1, 0.15) is 43.8 Å². The van der Waals surface area contributed by atoms with Gasteiger partial charge in [0.2, 0.25) is 0 Å². The third-order valence-electron chi connectivity index (χ3n) is 3.20. The van der Waals surface area contributed by atoms with E-state index in [1.165, 1.54) is 5.56 Å². The molecule has 19 heavy (non-hydrogen) atoms. The molecule has 0 saturated carbocycles. The highest BCUT2D eigenvalue weighted by atomic mass is 79.9. The zero-order valence-electron chi connectivity index (χ0n) is 11.5. The first-order valence-corrected chi connectivity index (χ1v) is 7.17. The summed E-state index contributed by atoms with van der Waals surface area (Å²) in [5, 5.41) is 10.1. The highest BCUT2D eigenvalue weighted by Crippen LogP contribution is 2.28. The third kappa shape index (κ3) is 3.48. The first-order chi connectivity index (χ1) is 8.88. The van der Waals surface area contributed by atoms with E-state index in [4.69, 9.17) is 4.42 Å². The maximum absolute atomic E-state index is 10.1. The Labute approximate surface area is 122 Å². The first-order valence-electron chi connectivity index (χ1n) is 6.38. The average Bonchev–Trinajstić information content (AvgIpc) is 2.75. The summed E-state index contributed by atoms with van der Waals surface area (Å²) in [5.41, 5.74) is 2.55. The Balaban J connectivity index is 2.10. The summed E-state index contributed by atoms with van der Waals surface area (Å²) >= 11 is 3.36. The smallest absolute Gasteiger partial charge is 0.146 e. The first kappa shape index (κ1) is 14.4. The van der Waals surface area contributed by atoms with Gasteiger partial charge in [-0.05, 0) is 38.5 Å². The lowest BCUT2D eigenvalue weighted by molar-refractivity contribution is 0.149. The fourth-order valence-corrected chi connectivity index (χ4v) is 2.47. The molecule has 2 aromatic rings. The fourth-order valence-electron chi connectivity index (χ4n) is 2.00. The van der Waals surface area contributed by atoms with E-state index in [-0.39, 0.29) is 5.41 Å². The highest BCUT2D eigenvalue weighted by molar-refractivity contribution is 9.10. The molecule has 0 radical (unpaired) electrons. The molecule has 1 atom stereocenters. The quantitative estimate of drug-likeness (QED) is 0.894. The summed E-state index contributed by atoms with van der Waals surface area (Å²) in [6.45, 7) is 6.57. The molecular weight excluding hydrogens is 304 g/mol. The Bertz CT molecular complexity index is 535. The Morgan fingerprint density at radius 1 is 1.16 bits per heavy atom. The van der Waals surface area contributed by atoms with Crippen LogP contribution in [-0.2, 0) is 11.8 Å². The van der Waals surface area contributed by atoms with Crippen molar-refractivity contribution in [3.63, 3.8) is 0 Å². The summed E-state index contributed by atoms with van der Waals surface area (Å²) in [6, 6.07) is 10.2. The van der Waals surface area contributed by atoms with Gasteiger partial charge in [0, 0.05) is 6.42 Å². The van der Waals surface area contributed by atoms with E-state index < -0.39 is 6.10 Å². The predicted octanol–water partition coefficient (Wildman–Crippen LogP) is 4.62. The summed E-state index contributed by atoms with van der Waals surface area (Å²) in [7, 11) is 0. The molecule has 0 aliphatic heterocycles. The zero-order valence-corrected chi connectivity index (χ0v) is 13.1. The molecule has 1 unspecified atom stereocenters. The van der Waals surface area contributed by atoms with Crippen molar-refractivity contribution >= 4 is 15.9 Å². The van der Waals surface area contributed by atoms with Crippen molar-refractivity contribution in [2.45, 2.75) is 38.7 Å². The van der Waals surface area contributed by atoms with Crippen LogP contribution in [-0.4, -0.2) is 5.11 Å². The molecule has 102 valence electrons. The molecule has 0 aliphatic rings. The fraction of sp³-hybridized carbons (Fsp3) is 0.375. The maximum atomic E-state index is 10.1. The predicted molar refractivity (Wildman–Crippen MR) is 80.2 cm³/mol. The summed E-state index contributed by atoms with van der Waals surface area (Å²) in [4.78, 5) is 0. The minimum Gasteiger partial charge on any atom is -0.465 e. The Kier molecular flexibility index (Phi) is 4.16. The van der Waals surface area contributed by atoms with Crippen LogP contribution in [0.15, 0.2) is 45.5 Å². The Hall–Kier alpha value is -1.06. The lowest BCUT2D eigenvalue weighted by Crippen LogP contribution is -2.11. The van der Waals surface area contributed by atoms with E-state index >= 15 is 0 Å². The van der Waals surface area contributed by atoms with Crippen molar-refractivity contribution < 1.29 is 9.52 Å². The maximum Gasteiger partial charge on any atom is 0.146 e. The Morgan fingerprint density at radius 2 is 1.79 bits per heavy atom. The van der Waals surface area contributed by atoms with Crippen molar-refractivity contribution in [3.8, 4) is 0 Å². The van der Waals surface area contributed by atoms with Crippen LogP contribution in [0.25, 0.3) is 0 Å². The van der Waals surface area contributed by atoms with E-state index in [1.807, 2.05) is 0 Å². The molecule has 2 nitrogen and oxygen atoms in total. The largest absolute Gasteiger partial charge is 0.465 e. The number of hydrogen-bond acceptors (Lipinski definition) is 2. The minimum absolute atomic E-state index is 0.154. The molecule has 0 fully saturated rings. The van der Waals surface area contributed by atoms with Gasteiger partial charge in [0.1, 0.15) is 11.9 Å². The van der Waals surface area contributed by atoms with Crippen LogP contribution in [0.3, 0.4) is 0 Å². The van der Waals surface area contributed by atoms with Crippen LogP contribution in [0.2, 0.25) is 0 Å². The van der Waals surface area contributed by atoms with Crippen molar-refractivity contribution in [2.24, 2.45) is 0 Å². The molecule has 0 spiro atoms. The molecular formula is C16H19BrO2. The topological polar surface area (TPSA) is 33.4 Å². The molecule has 3 heteroatoms. The molecule has 0 bridgehead atoms. The molecule has 2 rings (SSSR count). The average molecular weight is 323 g/mol. The molecule has 1 aromatic carbocycles. The molecule has 1 aromatic heterocycles. The summed E-state index contributed by atoms with van der Waals surface area (Å²) in [5.74, 6) is 0.583. The van der Waals surface area contributed by atoms with Gasteiger partial charge in [-0.3, -0.25) is 0 Å². The SMILES string of the molecule is CC(C)(C)c1ccc(CC(O)c2occc2Br)cc1. The second-order valence-electron chi connectivity index (χ2n) is 5.80. The summed E-state index contributed by atoms with van der Waals surface area (Å²) < 4.78 is 6.09. The van der Waals surface area contributed by atoms with Crippen molar-refractivity contribution in [1.29, 1.82) is 0 Å². The lowest BCUT2D eigenvalue weighted by atomic mass is 9.86. The molecule has 0 amide bonds. The number of rotatable bonds is 3. The van der Waals surface area contributed by atoms with Crippen LogP contribution < -0.4 is 0 Å². The zero-order chi connectivity index (χ0) is 14.0. The number of furan rings is 1. The van der Waals surface area contributed by atoms with E-state index in [2.05, 4.69) is 61.0 Å². The minimum atomic E-state index is -0.620. The number of halogens is 1. The molecule has 1 N–H and O–H groups in total. The van der Waals surface area contributed by atoms with Gasteiger partial charge in [-0.2, -0.15) is 0 Å². The third-order valence-corrected chi connectivity index (χ3v) is 3.85. The van der Waals surface area contributed by atoms with E-state index in [0.29, 0.717) is 12.2 Å².